The highest BCUT2D eigenvalue weighted by Gasteiger charge is 2.31. The van der Waals surface area contributed by atoms with E-state index in [1.54, 1.807) is 0 Å². The molecule has 0 amide bonds. The van der Waals surface area contributed by atoms with Gasteiger partial charge in [-0.15, -0.1) is 0 Å². The highest BCUT2D eigenvalue weighted by Crippen LogP contribution is 2.40. The Morgan fingerprint density at radius 3 is 2.31 bits per heavy atom. The largest absolute Gasteiger partial charge is 0.480 e. The van der Waals surface area contributed by atoms with Gasteiger partial charge in [-0.25, -0.2) is 0 Å². The number of rotatable bonds is 5. The molecule has 2 N–H and O–H groups in total. The summed E-state index contributed by atoms with van der Waals surface area (Å²) in [7, 11) is 0. The standard InChI is InChI=1S/C13H25NO2/c1-4-13(2,3)10-5-7-11(8-6-10)14-9-12(15)16/h10-11,14H,4-9H2,1-3H3,(H,15,16). The first-order chi connectivity index (χ1) is 7.45. The number of nitrogens with one attached hydrogen (secondary N) is 1. The maximum absolute atomic E-state index is 10.4. The van der Waals surface area contributed by atoms with Gasteiger partial charge in [-0.2, -0.15) is 0 Å². The summed E-state index contributed by atoms with van der Waals surface area (Å²) in [5, 5.41) is 11.7. The quantitative estimate of drug-likeness (QED) is 0.759. The molecule has 0 atom stereocenters. The second-order valence-electron chi connectivity index (χ2n) is 5.67. The molecule has 0 spiro atoms. The van der Waals surface area contributed by atoms with E-state index in [0.717, 1.165) is 18.8 Å². The van der Waals surface area contributed by atoms with Gasteiger partial charge in [-0.05, 0) is 37.0 Å². The maximum Gasteiger partial charge on any atom is 0.317 e. The zero-order valence-electron chi connectivity index (χ0n) is 10.8. The van der Waals surface area contributed by atoms with Gasteiger partial charge in [0.1, 0.15) is 0 Å². The Morgan fingerprint density at radius 2 is 1.88 bits per heavy atom. The van der Waals surface area contributed by atoms with Crippen LogP contribution in [0.25, 0.3) is 0 Å². The molecule has 94 valence electrons. The second kappa shape index (κ2) is 5.67. The highest BCUT2D eigenvalue weighted by atomic mass is 16.4. The zero-order valence-corrected chi connectivity index (χ0v) is 10.8. The summed E-state index contributed by atoms with van der Waals surface area (Å²) >= 11 is 0. The second-order valence-corrected chi connectivity index (χ2v) is 5.67. The Balaban J connectivity index is 2.31. The van der Waals surface area contributed by atoms with Crippen LogP contribution in [0.1, 0.15) is 52.9 Å². The van der Waals surface area contributed by atoms with Crippen LogP contribution in [0, 0.1) is 11.3 Å². The van der Waals surface area contributed by atoms with Crippen molar-refractivity contribution in [1.29, 1.82) is 0 Å². The molecule has 0 aromatic carbocycles. The first-order valence-electron chi connectivity index (χ1n) is 6.41. The van der Waals surface area contributed by atoms with Gasteiger partial charge in [0, 0.05) is 6.04 Å². The van der Waals surface area contributed by atoms with Crippen molar-refractivity contribution in [1.82, 2.24) is 5.32 Å². The van der Waals surface area contributed by atoms with Crippen LogP contribution in [-0.4, -0.2) is 23.7 Å². The van der Waals surface area contributed by atoms with Crippen molar-refractivity contribution in [2.75, 3.05) is 6.54 Å². The molecule has 0 unspecified atom stereocenters. The van der Waals surface area contributed by atoms with Crippen molar-refractivity contribution in [2.24, 2.45) is 11.3 Å². The van der Waals surface area contributed by atoms with Crippen molar-refractivity contribution in [2.45, 2.75) is 58.9 Å². The Hall–Kier alpha value is -0.570. The minimum absolute atomic E-state index is 0.104. The van der Waals surface area contributed by atoms with E-state index in [1.807, 2.05) is 0 Å². The molecule has 3 nitrogen and oxygen atoms in total. The van der Waals surface area contributed by atoms with Gasteiger partial charge in [0.2, 0.25) is 0 Å². The zero-order chi connectivity index (χ0) is 12.2. The third-order valence-electron chi connectivity index (χ3n) is 4.29. The van der Waals surface area contributed by atoms with Crippen LogP contribution in [0.15, 0.2) is 0 Å². The van der Waals surface area contributed by atoms with Gasteiger partial charge in [0.25, 0.3) is 0 Å². The first-order valence-corrected chi connectivity index (χ1v) is 6.41. The van der Waals surface area contributed by atoms with Crippen LogP contribution in [0.5, 0.6) is 0 Å². The fourth-order valence-electron chi connectivity index (χ4n) is 2.60. The summed E-state index contributed by atoms with van der Waals surface area (Å²) in [4.78, 5) is 10.4. The number of carbonyl (C=O) groups is 1. The lowest BCUT2D eigenvalue weighted by Crippen LogP contribution is -2.39. The van der Waals surface area contributed by atoms with Crippen molar-refractivity contribution >= 4 is 5.97 Å². The molecule has 1 rings (SSSR count). The smallest absolute Gasteiger partial charge is 0.317 e. The minimum atomic E-state index is -0.754. The Kier molecular flexibility index (Phi) is 4.78. The number of aliphatic carboxylic acids is 1. The summed E-state index contributed by atoms with van der Waals surface area (Å²) < 4.78 is 0. The number of carboxylic acids is 1. The number of hydrogen-bond donors (Lipinski definition) is 2. The molecule has 1 aliphatic carbocycles. The van der Waals surface area contributed by atoms with E-state index in [1.165, 1.54) is 19.3 Å². The topological polar surface area (TPSA) is 49.3 Å². The van der Waals surface area contributed by atoms with E-state index < -0.39 is 5.97 Å². The van der Waals surface area contributed by atoms with Gasteiger partial charge >= 0.3 is 5.97 Å². The van der Waals surface area contributed by atoms with Crippen LogP contribution in [0.4, 0.5) is 0 Å². The lowest BCUT2D eigenvalue weighted by molar-refractivity contribution is -0.136. The highest BCUT2D eigenvalue weighted by molar-refractivity contribution is 5.69. The van der Waals surface area contributed by atoms with E-state index >= 15 is 0 Å². The fourth-order valence-corrected chi connectivity index (χ4v) is 2.60. The summed E-state index contributed by atoms with van der Waals surface area (Å²) in [6.07, 6.45) is 5.95. The number of hydrogen-bond acceptors (Lipinski definition) is 2. The molecular formula is C13H25NO2. The molecule has 1 fully saturated rings. The van der Waals surface area contributed by atoms with Crippen molar-refractivity contribution < 1.29 is 9.90 Å². The van der Waals surface area contributed by atoms with E-state index in [-0.39, 0.29) is 6.54 Å². The van der Waals surface area contributed by atoms with Crippen LogP contribution >= 0.6 is 0 Å². The third kappa shape index (κ3) is 3.78. The molecule has 0 aromatic rings. The monoisotopic (exact) mass is 227 g/mol. The minimum Gasteiger partial charge on any atom is -0.480 e. The summed E-state index contributed by atoms with van der Waals surface area (Å²) in [5.41, 5.74) is 0.442. The summed E-state index contributed by atoms with van der Waals surface area (Å²) in [6, 6.07) is 0.417. The van der Waals surface area contributed by atoms with Crippen LogP contribution in [0.3, 0.4) is 0 Å². The van der Waals surface area contributed by atoms with Crippen LogP contribution in [0.2, 0.25) is 0 Å². The lowest BCUT2D eigenvalue weighted by Gasteiger charge is -2.39. The van der Waals surface area contributed by atoms with Gasteiger partial charge in [0.15, 0.2) is 0 Å². The molecule has 1 saturated carbocycles. The number of carboxylic acid groups (broad SMARTS) is 1. The molecule has 0 aromatic heterocycles. The Morgan fingerprint density at radius 1 is 1.31 bits per heavy atom. The lowest BCUT2D eigenvalue weighted by atomic mass is 9.69. The van der Waals surface area contributed by atoms with E-state index in [2.05, 4.69) is 26.1 Å². The normalized spacial score (nSPS) is 26.7. The Bertz CT molecular complexity index is 230. The summed E-state index contributed by atoms with van der Waals surface area (Å²) in [6.45, 7) is 7.06. The predicted octanol–water partition coefficient (Wildman–Crippen LogP) is 2.66. The molecule has 3 heteroatoms. The van der Waals surface area contributed by atoms with Crippen molar-refractivity contribution in [3.63, 3.8) is 0 Å². The predicted molar refractivity (Wildman–Crippen MR) is 65.5 cm³/mol. The third-order valence-corrected chi connectivity index (χ3v) is 4.29. The molecule has 0 saturated heterocycles. The maximum atomic E-state index is 10.4. The van der Waals surface area contributed by atoms with E-state index in [9.17, 15) is 4.79 Å². The summed E-state index contributed by atoms with van der Waals surface area (Å²) in [5.74, 6) is 0.0522. The molecule has 0 aliphatic heterocycles. The van der Waals surface area contributed by atoms with Crippen molar-refractivity contribution in [3.05, 3.63) is 0 Å². The van der Waals surface area contributed by atoms with Gasteiger partial charge in [-0.1, -0.05) is 27.2 Å². The van der Waals surface area contributed by atoms with Crippen LogP contribution < -0.4 is 5.32 Å². The van der Waals surface area contributed by atoms with E-state index in [4.69, 9.17) is 5.11 Å². The molecule has 1 aliphatic rings. The van der Waals surface area contributed by atoms with Gasteiger partial charge in [-0.3, -0.25) is 4.79 Å². The molecular weight excluding hydrogens is 202 g/mol. The fraction of sp³-hybridized carbons (Fsp3) is 0.923. The van der Waals surface area contributed by atoms with Gasteiger partial charge < -0.3 is 10.4 Å². The average molecular weight is 227 g/mol. The first kappa shape index (κ1) is 13.5. The van der Waals surface area contributed by atoms with Crippen molar-refractivity contribution in [3.8, 4) is 0 Å². The average Bonchev–Trinajstić information content (AvgIpc) is 2.27. The molecule has 16 heavy (non-hydrogen) atoms. The Labute approximate surface area is 98.6 Å². The van der Waals surface area contributed by atoms with Crippen LogP contribution in [-0.2, 0) is 4.79 Å². The van der Waals surface area contributed by atoms with E-state index in [0.29, 0.717) is 11.5 Å². The molecule has 0 bridgehead atoms. The molecule has 0 radical (unpaired) electrons. The SMILES string of the molecule is CCC(C)(C)C1CCC(NCC(=O)O)CC1. The van der Waals surface area contributed by atoms with Gasteiger partial charge in [0.05, 0.1) is 6.54 Å². The molecule has 0 heterocycles.